The van der Waals surface area contributed by atoms with Gasteiger partial charge in [0, 0.05) is 6.61 Å². The number of hydrogen-bond acceptors (Lipinski definition) is 3. The van der Waals surface area contributed by atoms with Gasteiger partial charge in [0.15, 0.2) is 0 Å². The third kappa shape index (κ3) is 8.22. The maximum Gasteiger partial charge on any atom is 0.0665 e. The van der Waals surface area contributed by atoms with Crippen LogP contribution in [0.25, 0.3) is 0 Å². The Kier molecular flexibility index (Phi) is 7.23. The Morgan fingerprint density at radius 3 is 2.54 bits per heavy atom. The summed E-state index contributed by atoms with van der Waals surface area (Å²) in [6.45, 7) is 5.15. The van der Waals surface area contributed by atoms with Gasteiger partial charge in [-0.2, -0.15) is 0 Å². The van der Waals surface area contributed by atoms with Crippen molar-refractivity contribution in [2.24, 2.45) is 5.73 Å². The predicted octanol–water partition coefficient (Wildman–Crippen LogP) is 1.29. The van der Waals surface area contributed by atoms with Crippen molar-refractivity contribution in [2.45, 2.75) is 45.1 Å². The fourth-order valence-electron chi connectivity index (χ4n) is 0.982. The minimum atomic E-state index is -0.579. The van der Waals surface area contributed by atoms with Crippen LogP contribution in [0.5, 0.6) is 0 Å². The van der Waals surface area contributed by atoms with E-state index in [4.69, 9.17) is 15.6 Å². The molecular weight excluding hydrogens is 166 g/mol. The van der Waals surface area contributed by atoms with Crippen LogP contribution in [0.2, 0.25) is 0 Å². The van der Waals surface area contributed by atoms with Crippen molar-refractivity contribution in [1.82, 2.24) is 0 Å². The second kappa shape index (κ2) is 7.30. The summed E-state index contributed by atoms with van der Waals surface area (Å²) in [6.07, 6.45) is 4.82. The maximum atomic E-state index is 8.83. The van der Waals surface area contributed by atoms with Crippen molar-refractivity contribution in [3.8, 4) is 0 Å². The molecule has 0 aromatic carbocycles. The van der Waals surface area contributed by atoms with E-state index in [1.807, 2.05) is 0 Å². The Bertz CT molecular complexity index is 115. The molecule has 0 amide bonds. The Morgan fingerprint density at radius 2 is 2.00 bits per heavy atom. The third-order valence-electron chi connectivity index (χ3n) is 1.94. The molecule has 0 fully saturated rings. The van der Waals surface area contributed by atoms with Crippen LogP contribution >= 0.6 is 0 Å². The fourth-order valence-corrected chi connectivity index (χ4v) is 0.982. The molecule has 0 heterocycles. The number of nitrogens with two attached hydrogens (primary N) is 1. The summed E-state index contributed by atoms with van der Waals surface area (Å²) < 4.78 is 5.35. The molecule has 3 heteroatoms. The van der Waals surface area contributed by atoms with Crippen LogP contribution in [0.1, 0.15) is 39.5 Å². The zero-order valence-corrected chi connectivity index (χ0v) is 8.88. The minimum Gasteiger partial charge on any atom is -0.394 e. The zero-order valence-electron chi connectivity index (χ0n) is 8.88. The molecular formula is C10H23NO2. The smallest absolute Gasteiger partial charge is 0.0665 e. The first kappa shape index (κ1) is 12.9. The van der Waals surface area contributed by atoms with Gasteiger partial charge in [0.05, 0.1) is 18.8 Å². The van der Waals surface area contributed by atoms with Gasteiger partial charge in [0.2, 0.25) is 0 Å². The van der Waals surface area contributed by atoms with Gasteiger partial charge in [-0.15, -0.1) is 0 Å². The monoisotopic (exact) mass is 189 g/mol. The fraction of sp³-hybridized carbons (Fsp3) is 1.00. The normalized spacial score (nSPS) is 15.7. The summed E-state index contributed by atoms with van der Waals surface area (Å²) in [5, 5.41) is 8.83. The van der Waals surface area contributed by atoms with Gasteiger partial charge in [-0.25, -0.2) is 0 Å². The van der Waals surface area contributed by atoms with Crippen molar-refractivity contribution >= 4 is 0 Å². The van der Waals surface area contributed by atoms with Crippen LogP contribution < -0.4 is 5.73 Å². The van der Waals surface area contributed by atoms with Crippen molar-refractivity contribution in [3.05, 3.63) is 0 Å². The third-order valence-corrected chi connectivity index (χ3v) is 1.94. The Balaban J connectivity index is 3.16. The van der Waals surface area contributed by atoms with Gasteiger partial charge in [-0.05, 0) is 13.3 Å². The molecule has 0 aliphatic rings. The van der Waals surface area contributed by atoms with Crippen molar-refractivity contribution < 1.29 is 9.84 Å². The van der Waals surface area contributed by atoms with Crippen molar-refractivity contribution in [2.75, 3.05) is 19.8 Å². The molecule has 0 aromatic heterocycles. The standard InChI is InChI=1S/C10H23NO2/c1-3-4-5-6-7-13-9-10(2,11)8-12/h12H,3-9,11H2,1-2H3. The van der Waals surface area contributed by atoms with Crippen LogP contribution in [0, 0.1) is 0 Å². The highest BCUT2D eigenvalue weighted by atomic mass is 16.5. The highest BCUT2D eigenvalue weighted by molar-refractivity contribution is 4.76. The van der Waals surface area contributed by atoms with Gasteiger partial charge in [-0.3, -0.25) is 0 Å². The molecule has 0 spiro atoms. The lowest BCUT2D eigenvalue weighted by Gasteiger charge is -2.21. The van der Waals surface area contributed by atoms with E-state index in [2.05, 4.69) is 6.92 Å². The highest BCUT2D eigenvalue weighted by Crippen LogP contribution is 2.02. The molecule has 3 N–H and O–H groups in total. The first-order valence-electron chi connectivity index (χ1n) is 5.10. The van der Waals surface area contributed by atoms with Crippen molar-refractivity contribution in [3.63, 3.8) is 0 Å². The molecule has 0 rings (SSSR count). The van der Waals surface area contributed by atoms with E-state index in [1.165, 1.54) is 19.3 Å². The van der Waals surface area contributed by atoms with Gasteiger partial charge in [0.1, 0.15) is 0 Å². The van der Waals surface area contributed by atoms with Gasteiger partial charge < -0.3 is 15.6 Å². The first-order chi connectivity index (χ1) is 6.12. The molecule has 80 valence electrons. The Labute approximate surface area is 81.3 Å². The second-order valence-electron chi connectivity index (χ2n) is 3.93. The summed E-state index contributed by atoms with van der Waals surface area (Å²) in [6, 6.07) is 0. The molecule has 3 nitrogen and oxygen atoms in total. The maximum absolute atomic E-state index is 8.83. The van der Waals surface area contributed by atoms with Crippen LogP contribution in [-0.2, 0) is 4.74 Å². The number of hydrogen-bond donors (Lipinski definition) is 2. The lowest BCUT2D eigenvalue weighted by molar-refractivity contribution is 0.0609. The molecule has 0 saturated heterocycles. The van der Waals surface area contributed by atoms with Gasteiger partial charge in [0.25, 0.3) is 0 Å². The molecule has 0 saturated carbocycles. The molecule has 0 aromatic rings. The van der Waals surface area contributed by atoms with Crippen LogP contribution in [0.4, 0.5) is 0 Å². The average molecular weight is 189 g/mol. The Hall–Kier alpha value is -0.120. The van der Waals surface area contributed by atoms with E-state index < -0.39 is 5.54 Å². The van der Waals surface area contributed by atoms with Gasteiger partial charge in [-0.1, -0.05) is 26.2 Å². The average Bonchev–Trinajstić information content (AvgIpc) is 2.11. The molecule has 1 unspecified atom stereocenters. The van der Waals surface area contributed by atoms with E-state index >= 15 is 0 Å². The quantitative estimate of drug-likeness (QED) is 0.566. The molecule has 1 atom stereocenters. The topological polar surface area (TPSA) is 55.5 Å². The lowest BCUT2D eigenvalue weighted by Crippen LogP contribution is -2.44. The summed E-state index contributed by atoms with van der Waals surface area (Å²) in [5.74, 6) is 0. The summed E-state index contributed by atoms with van der Waals surface area (Å²) >= 11 is 0. The van der Waals surface area contributed by atoms with Crippen molar-refractivity contribution in [1.29, 1.82) is 0 Å². The number of aliphatic hydroxyl groups excluding tert-OH is 1. The highest BCUT2D eigenvalue weighted by Gasteiger charge is 2.16. The second-order valence-corrected chi connectivity index (χ2v) is 3.93. The van der Waals surface area contributed by atoms with Gasteiger partial charge >= 0.3 is 0 Å². The number of aliphatic hydroxyl groups is 1. The van der Waals surface area contributed by atoms with Crippen LogP contribution in [-0.4, -0.2) is 30.5 Å². The number of rotatable bonds is 8. The summed E-state index contributed by atoms with van der Waals surface area (Å²) in [7, 11) is 0. The first-order valence-corrected chi connectivity index (χ1v) is 5.10. The van der Waals surface area contributed by atoms with Crippen LogP contribution in [0.3, 0.4) is 0 Å². The van der Waals surface area contributed by atoms with Crippen LogP contribution in [0.15, 0.2) is 0 Å². The summed E-state index contributed by atoms with van der Waals surface area (Å²) in [4.78, 5) is 0. The molecule has 0 aliphatic carbocycles. The number of unbranched alkanes of at least 4 members (excludes halogenated alkanes) is 3. The largest absolute Gasteiger partial charge is 0.394 e. The minimum absolute atomic E-state index is 0.0258. The lowest BCUT2D eigenvalue weighted by atomic mass is 10.1. The van der Waals surface area contributed by atoms with E-state index in [-0.39, 0.29) is 6.61 Å². The number of ether oxygens (including phenoxy) is 1. The molecule has 13 heavy (non-hydrogen) atoms. The summed E-state index contributed by atoms with van der Waals surface area (Å²) in [5.41, 5.74) is 5.10. The van der Waals surface area contributed by atoms with E-state index in [0.29, 0.717) is 6.61 Å². The van der Waals surface area contributed by atoms with E-state index in [9.17, 15) is 0 Å². The SMILES string of the molecule is CCCCCCOCC(C)(N)CO. The molecule has 0 radical (unpaired) electrons. The van der Waals surface area contributed by atoms with E-state index in [1.54, 1.807) is 6.92 Å². The Morgan fingerprint density at radius 1 is 1.31 bits per heavy atom. The molecule has 0 aliphatic heterocycles. The molecule has 0 bridgehead atoms. The predicted molar refractivity (Wildman–Crippen MR) is 54.6 cm³/mol. The van der Waals surface area contributed by atoms with E-state index in [0.717, 1.165) is 13.0 Å². The zero-order chi connectivity index (χ0) is 10.2.